The number of carbonyl (C=O) groups is 2. The van der Waals surface area contributed by atoms with Crippen molar-refractivity contribution in [1.82, 2.24) is 0 Å². The third-order valence-corrected chi connectivity index (χ3v) is 5.07. The Morgan fingerprint density at radius 2 is 1.85 bits per heavy atom. The molecule has 1 aliphatic carbocycles. The Labute approximate surface area is 157 Å². The Bertz CT molecular complexity index is 832. The molecule has 2 aromatic rings. The van der Waals surface area contributed by atoms with Crippen LogP contribution in [0.25, 0.3) is 11.1 Å². The molecule has 0 aromatic heterocycles. The number of carboxylic acid groups (broad SMARTS) is 1. The second-order valence-corrected chi connectivity index (χ2v) is 6.79. The Balaban J connectivity index is 1.96. The number of esters is 1. The molecular formula is C21H22O6. The molecule has 0 saturated heterocycles. The van der Waals surface area contributed by atoms with Gasteiger partial charge in [0, 0.05) is 0 Å². The fourth-order valence-electron chi connectivity index (χ4n) is 3.72. The largest absolute Gasteiger partial charge is 0.481 e. The van der Waals surface area contributed by atoms with Crippen LogP contribution in [-0.4, -0.2) is 39.0 Å². The Hall–Kier alpha value is -2.70. The highest BCUT2D eigenvalue weighted by Crippen LogP contribution is 2.38. The molecule has 0 bridgehead atoms. The van der Waals surface area contributed by atoms with E-state index in [0.29, 0.717) is 30.4 Å². The summed E-state index contributed by atoms with van der Waals surface area (Å²) >= 11 is 0. The lowest BCUT2D eigenvalue weighted by atomic mass is 9.93. The zero-order valence-electron chi connectivity index (χ0n) is 14.8. The highest BCUT2D eigenvalue weighted by Gasteiger charge is 2.47. The van der Waals surface area contributed by atoms with Crippen molar-refractivity contribution < 1.29 is 29.6 Å². The van der Waals surface area contributed by atoms with Gasteiger partial charge in [0.15, 0.2) is 0 Å². The van der Waals surface area contributed by atoms with Crippen molar-refractivity contribution in [3.8, 4) is 11.1 Å². The quantitative estimate of drug-likeness (QED) is 0.676. The summed E-state index contributed by atoms with van der Waals surface area (Å²) in [5.41, 5.74) is 0.691. The van der Waals surface area contributed by atoms with Crippen molar-refractivity contribution in [2.45, 2.75) is 44.0 Å². The van der Waals surface area contributed by atoms with E-state index in [-0.39, 0.29) is 12.2 Å². The monoisotopic (exact) mass is 370 g/mol. The average Bonchev–Trinajstić information content (AvgIpc) is 3.00. The summed E-state index contributed by atoms with van der Waals surface area (Å²) < 4.78 is 5.56. The maximum absolute atomic E-state index is 12.9. The maximum atomic E-state index is 12.9. The van der Waals surface area contributed by atoms with E-state index in [2.05, 4.69) is 0 Å². The number of hydrogen-bond acceptors (Lipinski definition) is 5. The van der Waals surface area contributed by atoms with Gasteiger partial charge in [-0.15, -0.1) is 0 Å². The highest BCUT2D eigenvalue weighted by atomic mass is 16.6. The zero-order chi connectivity index (χ0) is 19.4. The van der Waals surface area contributed by atoms with Crippen molar-refractivity contribution in [3.63, 3.8) is 0 Å². The predicted octanol–water partition coefficient (Wildman–Crippen LogP) is 2.76. The molecule has 0 amide bonds. The minimum Gasteiger partial charge on any atom is -0.481 e. The highest BCUT2D eigenvalue weighted by molar-refractivity contribution is 5.94. The van der Waals surface area contributed by atoms with Crippen molar-refractivity contribution >= 4 is 11.9 Å². The van der Waals surface area contributed by atoms with E-state index in [1.54, 1.807) is 12.1 Å². The standard InChI is InChI=1S/C21H22O6/c22-13-17-15(14-6-2-1-3-7-14)8-4-9-16(17)20(26)27-21(12-19(24)25)11-5-10-18(21)23/h1-4,6-9,18,22-23H,5,10-13H2,(H,24,25). The van der Waals surface area contributed by atoms with Crippen LogP contribution in [0.15, 0.2) is 48.5 Å². The summed E-state index contributed by atoms with van der Waals surface area (Å²) in [6, 6.07) is 14.4. The number of carboxylic acids is 1. The van der Waals surface area contributed by atoms with Gasteiger partial charge >= 0.3 is 11.9 Å². The fraction of sp³-hybridized carbons (Fsp3) is 0.333. The summed E-state index contributed by atoms with van der Waals surface area (Å²) in [5.74, 6) is -1.87. The van der Waals surface area contributed by atoms with E-state index in [1.165, 1.54) is 6.07 Å². The smallest absolute Gasteiger partial charge is 0.339 e. The molecule has 6 nitrogen and oxygen atoms in total. The maximum Gasteiger partial charge on any atom is 0.339 e. The molecule has 0 heterocycles. The second-order valence-electron chi connectivity index (χ2n) is 6.79. The molecule has 2 unspecified atom stereocenters. The molecule has 3 rings (SSSR count). The van der Waals surface area contributed by atoms with Gasteiger partial charge < -0.3 is 20.1 Å². The Morgan fingerprint density at radius 1 is 1.11 bits per heavy atom. The summed E-state index contributed by atoms with van der Waals surface area (Å²) in [6.45, 7) is -0.371. The van der Waals surface area contributed by atoms with Crippen LogP contribution in [0.1, 0.15) is 41.6 Å². The second kappa shape index (κ2) is 7.90. The summed E-state index contributed by atoms with van der Waals surface area (Å²) in [4.78, 5) is 24.1. The number of aliphatic hydroxyl groups excluding tert-OH is 2. The normalized spacial score (nSPS) is 21.8. The molecule has 0 radical (unpaired) electrons. The van der Waals surface area contributed by atoms with E-state index < -0.39 is 30.1 Å². The lowest BCUT2D eigenvalue weighted by Crippen LogP contribution is -2.44. The Morgan fingerprint density at radius 3 is 2.44 bits per heavy atom. The number of rotatable bonds is 6. The van der Waals surface area contributed by atoms with Crippen molar-refractivity contribution in [2.24, 2.45) is 0 Å². The number of carbonyl (C=O) groups excluding carboxylic acids is 1. The van der Waals surface area contributed by atoms with Gasteiger partial charge in [-0.3, -0.25) is 4.79 Å². The topological polar surface area (TPSA) is 104 Å². The first-order valence-corrected chi connectivity index (χ1v) is 8.88. The van der Waals surface area contributed by atoms with Crippen LogP contribution in [0, 0.1) is 0 Å². The van der Waals surface area contributed by atoms with Crippen LogP contribution < -0.4 is 0 Å². The number of benzene rings is 2. The first-order chi connectivity index (χ1) is 13.0. The molecule has 1 aliphatic rings. The number of ether oxygens (including phenoxy) is 1. The first kappa shape index (κ1) is 19.1. The van der Waals surface area contributed by atoms with Gasteiger partial charge in [0.2, 0.25) is 0 Å². The molecule has 0 aliphatic heterocycles. The van der Waals surface area contributed by atoms with Gasteiger partial charge in [0.1, 0.15) is 5.60 Å². The third-order valence-electron chi connectivity index (χ3n) is 5.07. The van der Waals surface area contributed by atoms with E-state index in [4.69, 9.17) is 4.74 Å². The van der Waals surface area contributed by atoms with Gasteiger partial charge in [-0.2, -0.15) is 0 Å². The number of hydrogen-bond donors (Lipinski definition) is 3. The molecule has 1 saturated carbocycles. The SMILES string of the molecule is O=C(O)CC1(OC(=O)c2cccc(-c3ccccc3)c2CO)CCCC1O. The summed E-state index contributed by atoms with van der Waals surface area (Å²) in [5, 5.41) is 29.3. The molecule has 142 valence electrons. The first-order valence-electron chi connectivity index (χ1n) is 8.88. The third kappa shape index (κ3) is 3.86. The van der Waals surface area contributed by atoms with Crippen LogP contribution in [0.3, 0.4) is 0 Å². The van der Waals surface area contributed by atoms with Crippen LogP contribution >= 0.6 is 0 Å². The fourth-order valence-corrected chi connectivity index (χ4v) is 3.72. The average molecular weight is 370 g/mol. The number of aliphatic carboxylic acids is 1. The van der Waals surface area contributed by atoms with Gasteiger partial charge in [-0.05, 0) is 42.0 Å². The van der Waals surface area contributed by atoms with Crippen LogP contribution in [0.5, 0.6) is 0 Å². The van der Waals surface area contributed by atoms with Gasteiger partial charge in [0.25, 0.3) is 0 Å². The lowest BCUT2D eigenvalue weighted by molar-refractivity contribution is -0.147. The summed E-state index contributed by atoms with van der Waals surface area (Å²) in [6.07, 6.45) is -0.213. The predicted molar refractivity (Wildman–Crippen MR) is 98.1 cm³/mol. The minimum atomic E-state index is -1.43. The van der Waals surface area contributed by atoms with Gasteiger partial charge in [-0.25, -0.2) is 4.79 Å². The van der Waals surface area contributed by atoms with Crippen molar-refractivity contribution in [2.75, 3.05) is 0 Å². The number of aliphatic hydroxyl groups is 2. The van der Waals surface area contributed by atoms with Gasteiger partial charge in [-0.1, -0.05) is 42.5 Å². The minimum absolute atomic E-state index is 0.169. The molecule has 27 heavy (non-hydrogen) atoms. The Kier molecular flexibility index (Phi) is 5.58. The molecule has 0 spiro atoms. The van der Waals surface area contributed by atoms with Crippen LogP contribution in [0.4, 0.5) is 0 Å². The van der Waals surface area contributed by atoms with Gasteiger partial charge in [0.05, 0.1) is 24.7 Å². The molecule has 1 fully saturated rings. The molecule has 2 aromatic carbocycles. The van der Waals surface area contributed by atoms with E-state index >= 15 is 0 Å². The molecule has 6 heteroatoms. The van der Waals surface area contributed by atoms with Crippen molar-refractivity contribution in [1.29, 1.82) is 0 Å². The van der Waals surface area contributed by atoms with E-state index in [1.807, 2.05) is 30.3 Å². The van der Waals surface area contributed by atoms with Crippen molar-refractivity contribution in [3.05, 3.63) is 59.7 Å². The lowest BCUT2D eigenvalue weighted by Gasteiger charge is -2.31. The summed E-state index contributed by atoms with van der Waals surface area (Å²) in [7, 11) is 0. The molecule has 3 N–H and O–H groups in total. The van der Waals surface area contributed by atoms with Crippen LogP contribution in [0.2, 0.25) is 0 Å². The van der Waals surface area contributed by atoms with Crippen LogP contribution in [-0.2, 0) is 16.1 Å². The van der Waals surface area contributed by atoms with E-state index in [9.17, 15) is 24.9 Å². The van der Waals surface area contributed by atoms with E-state index in [0.717, 1.165) is 5.56 Å². The zero-order valence-corrected chi connectivity index (χ0v) is 14.8. The molecular weight excluding hydrogens is 348 g/mol. The molecule has 2 atom stereocenters.